The van der Waals surface area contributed by atoms with Crippen molar-refractivity contribution in [2.24, 2.45) is 0 Å². The molecule has 0 fully saturated rings. The van der Waals surface area contributed by atoms with Gasteiger partial charge < -0.3 is 20.6 Å². The molecule has 0 aliphatic rings. The monoisotopic (exact) mass is 912 g/mol. The number of unbranched alkanes of at least 4 members (excludes halogenated alkanes) is 39. The highest BCUT2D eigenvalue weighted by molar-refractivity contribution is 5.80. The Labute approximate surface area is 406 Å². The van der Waals surface area contributed by atoms with Gasteiger partial charge in [0.15, 0.2) is 0 Å². The molecular weight excluding hydrogens is 799 g/mol. The van der Waals surface area contributed by atoms with E-state index in [1.807, 2.05) is 6.08 Å². The second-order valence-corrected chi connectivity index (χ2v) is 19.8. The summed E-state index contributed by atoms with van der Waals surface area (Å²) in [4.78, 5) is 12.5. The van der Waals surface area contributed by atoms with Crippen molar-refractivity contribution in [1.29, 1.82) is 0 Å². The van der Waals surface area contributed by atoms with Crippen LogP contribution in [0.15, 0.2) is 48.6 Å². The van der Waals surface area contributed by atoms with Gasteiger partial charge in [-0.1, -0.05) is 287 Å². The molecule has 0 aliphatic carbocycles. The molecule has 0 aliphatic heterocycles. The fourth-order valence-electron chi connectivity index (χ4n) is 8.88. The van der Waals surface area contributed by atoms with Crippen molar-refractivity contribution in [2.45, 2.75) is 321 Å². The maximum Gasteiger partial charge on any atom is 0.249 e. The maximum atomic E-state index is 12.5. The van der Waals surface area contributed by atoms with Gasteiger partial charge in [-0.3, -0.25) is 4.79 Å². The van der Waals surface area contributed by atoms with E-state index < -0.39 is 24.2 Å². The molecule has 0 radical (unpaired) electrons. The number of hydrogen-bond donors (Lipinski definition) is 4. The number of carbonyl (C=O) groups excluding carboxylic acids is 1. The van der Waals surface area contributed by atoms with Crippen LogP contribution < -0.4 is 5.32 Å². The molecule has 5 nitrogen and oxygen atoms in total. The average Bonchev–Trinajstić information content (AvgIpc) is 3.31. The Balaban J connectivity index is 3.55. The van der Waals surface area contributed by atoms with Gasteiger partial charge in [0.2, 0.25) is 5.91 Å². The summed E-state index contributed by atoms with van der Waals surface area (Å²) in [5.41, 5.74) is 0. The van der Waals surface area contributed by atoms with Gasteiger partial charge >= 0.3 is 0 Å². The summed E-state index contributed by atoms with van der Waals surface area (Å²) in [5.74, 6) is -0.510. The van der Waals surface area contributed by atoms with Crippen LogP contribution in [0, 0.1) is 0 Å². The number of nitrogens with one attached hydrogen (secondary N) is 1. The number of aliphatic hydroxyl groups excluding tert-OH is 3. The summed E-state index contributed by atoms with van der Waals surface area (Å²) < 4.78 is 0. The molecule has 3 unspecified atom stereocenters. The largest absolute Gasteiger partial charge is 0.394 e. The number of rotatable bonds is 53. The highest BCUT2D eigenvalue weighted by atomic mass is 16.3. The molecule has 0 spiro atoms. The molecular formula is C60H113NO4. The molecule has 0 aromatic rings. The van der Waals surface area contributed by atoms with E-state index in [9.17, 15) is 20.1 Å². The summed E-state index contributed by atoms with van der Waals surface area (Å²) in [6.07, 6.45) is 73.5. The molecule has 0 aromatic carbocycles. The van der Waals surface area contributed by atoms with Crippen LogP contribution in [0.3, 0.4) is 0 Å². The number of aliphatic hydroxyl groups is 3. The van der Waals surface area contributed by atoms with E-state index >= 15 is 0 Å². The third-order valence-corrected chi connectivity index (χ3v) is 13.4. The van der Waals surface area contributed by atoms with E-state index in [4.69, 9.17) is 0 Å². The predicted octanol–water partition coefficient (Wildman–Crippen LogP) is 18.0. The lowest BCUT2D eigenvalue weighted by molar-refractivity contribution is -0.131. The van der Waals surface area contributed by atoms with Crippen molar-refractivity contribution in [3.05, 3.63) is 48.6 Å². The fraction of sp³-hybridized carbons (Fsp3) is 0.850. The number of allylic oxidation sites excluding steroid dienone is 7. The molecule has 0 heterocycles. The van der Waals surface area contributed by atoms with Crippen LogP contribution in [0.25, 0.3) is 0 Å². The minimum absolute atomic E-state index is 0.375. The first kappa shape index (κ1) is 63.3. The minimum Gasteiger partial charge on any atom is -0.394 e. The van der Waals surface area contributed by atoms with E-state index in [1.54, 1.807) is 6.08 Å². The van der Waals surface area contributed by atoms with Crippen LogP contribution in [-0.4, -0.2) is 46.1 Å². The lowest BCUT2D eigenvalue weighted by Crippen LogP contribution is -2.48. The first-order chi connectivity index (χ1) is 32.1. The molecule has 0 bridgehead atoms. The van der Waals surface area contributed by atoms with Crippen LogP contribution in [0.2, 0.25) is 0 Å². The highest BCUT2D eigenvalue weighted by Gasteiger charge is 2.22. The normalized spacial score (nSPS) is 13.6. The smallest absolute Gasteiger partial charge is 0.249 e. The Morgan fingerprint density at radius 3 is 1.03 bits per heavy atom. The van der Waals surface area contributed by atoms with Crippen molar-refractivity contribution in [2.75, 3.05) is 6.61 Å². The molecule has 65 heavy (non-hydrogen) atoms. The molecule has 0 saturated carbocycles. The zero-order valence-corrected chi connectivity index (χ0v) is 43.6. The quantitative estimate of drug-likeness (QED) is 0.0361. The van der Waals surface area contributed by atoms with Gasteiger partial charge in [0, 0.05) is 0 Å². The van der Waals surface area contributed by atoms with Crippen molar-refractivity contribution in [3.8, 4) is 0 Å². The molecule has 1 amide bonds. The third-order valence-electron chi connectivity index (χ3n) is 13.4. The van der Waals surface area contributed by atoms with Gasteiger partial charge in [-0.25, -0.2) is 0 Å². The molecule has 0 aromatic heterocycles. The highest BCUT2D eigenvalue weighted by Crippen LogP contribution is 2.17. The van der Waals surface area contributed by atoms with E-state index in [-0.39, 0.29) is 6.61 Å². The van der Waals surface area contributed by atoms with Gasteiger partial charge in [0.1, 0.15) is 6.10 Å². The lowest BCUT2D eigenvalue weighted by atomic mass is 10.0. The molecule has 0 saturated heterocycles. The Morgan fingerprint density at radius 2 is 0.677 bits per heavy atom. The van der Waals surface area contributed by atoms with E-state index in [0.717, 1.165) is 44.9 Å². The van der Waals surface area contributed by atoms with Crippen LogP contribution in [0.1, 0.15) is 303 Å². The van der Waals surface area contributed by atoms with Gasteiger partial charge in [-0.15, -0.1) is 0 Å². The zero-order valence-electron chi connectivity index (χ0n) is 43.6. The van der Waals surface area contributed by atoms with E-state index in [1.165, 1.54) is 238 Å². The molecule has 5 heteroatoms. The van der Waals surface area contributed by atoms with E-state index in [2.05, 4.69) is 55.6 Å². The number of hydrogen-bond acceptors (Lipinski definition) is 4. The second kappa shape index (κ2) is 54.9. The molecule has 0 rings (SSSR count). The first-order valence-electron chi connectivity index (χ1n) is 29.0. The topological polar surface area (TPSA) is 89.8 Å². The number of carbonyl (C=O) groups is 1. The van der Waals surface area contributed by atoms with Gasteiger partial charge in [0.25, 0.3) is 0 Å². The number of amides is 1. The van der Waals surface area contributed by atoms with Crippen molar-refractivity contribution >= 4 is 5.91 Å². The second-order valence-electron chi connectivity index (χ2n) is 19.8. The summed E-state index contributed by atoms with van der Waals surface area (Å²) in [5, 5.41) is 33.3. The van der Waals surface area contributed by atoms with Crippen LogP contribution in [0.5, 0.6) is 0 Å². The average molecular weight is 913 g/mol. The van der Waals surface area contributed by atoms with Gasteiger partial charge in [-0.2, -0.15) is 0 Å². The van der Waals surface area contributed by atoms with Crippen molar-refractivity contribution in [3.63, 3.8) is 0 Å². The Morgan fingerprint density at radius 1 is 0.385 bits per heavy atom. The Bertz CT molecular complexity index is 1050. The van der Waals surface area contributed by atoms with Crippen LogP contribution in [-0.2, 0) is 4.79 Å². The minimum atomic E-state index is -1.11. The van der Waals surface area contributed by atoms with Gasteiger partial charge in [0.05, 0.1) is 18.8 Å². The van der Waals surface area contributed by atoms with E-state index in [0.29, 0.717) is 6.42 Å². The van der Waals surface area contributed by atoms with Crippen molar-refractivity contribution < 1.29 is 20.1 Å². The SMILES string of the molecule is CCCCCCCCCCCCC/C=C\C/C=C\CCCCCCCCCCCCCCCCCCC(O)C(=O)NC(CO)C(O)/C=C/CC/C=C/CCCCCCCCCCCCC. The fourth-order valence-corrected chi connectivity index (χ4v) is 8.88. The molecule has 3 atom stereocenters. The third kappa shape index (κ3) is 50.0. The standard InChI is InChI=1S/C60H113NO4/c1-3-5-7-9-11-13-15-17-19-21-22-23-24-25-26-27-28-29-30-31-32-33-34-35-36-37-39-41-43-45-47-49-51-53-55-59(64)60(65)61-57(56-62)58(63)54-52-50-48-46-44-42-40-38-20-18-16-14-12-10-8-6-4-2/h24-25,27-28,44,46,52,54,57-59,62-64H,3-23,26,29-43,45,47-51,53,55-56H2,1-2H3,(H,61,65)/b25-24-,28-27-,46-44+,54-52+. The first-order valence-corrected chi connectivity index (χ1v) is 29.0. The summed E-state index contributed by atoms with van der Waals surface area (Å²) in [6.45, 7) is 4.19. The Hall–Kier alpha value is -1.69. The lowest BCUT2D eigenvalue weighted by Gasteiger charge is -2.21. The molecule has 382 valence electrons. The Kier molecular flexibility index (Phi) is 53.5. The zero-order chi connectivity index (χ0) is 47.2. The van der Waals surface area contributed by atoms with Gasteiger partial charge in [-0.05, 0) is 64.2 Å². The van der Waals surface area contributed by atoms with Crippen LogP contribution >= 0.6 is 0 Å². The molecule has 4 N–H and O–H groups in total. The summed E-state index contributed by atoms with van der Waals surface area (Å²) in [6, 6.07) is -0.815. The predicted molar refractivity (Wildman–Crippen MR) is 287 cm³/mol. The maximum absolute atomic E-state index is 12.5. The summed E-state index contributed by atoms with van der Waals surface area (Å²) in [7, 11) is 0. The summed E-state index contributed by atoms with van der Waals surface area (Å²) >= 11 is 0. The van der Waals surface area contributed by atoms with Crippen LogP contribution in [0.4, 0.5) is 0 Å². The van der Waals surface area contributed by atoms with Crippen molar-refractivity contribution in [1.82, 2.24) is 5.32 Å².